The highest BCUT2D eigenvalue weighted by Crippen LogP contribution is 2.33. The van der Waals surface area contributed by atoms with Crippen molar-refractivity contribution in [1.29, 1.82) is 0 Å². The van der Waals surface area contributed by atoms with Gasteiger partial charge >= 0.3 is 6.09 Å². The van der Waals surface area contributed by atoms with Crippen LogP contribution in [-0.4, -0.2) is 97.5 Å². The van der Waals surface area contributed by atoms with Crippen LogP contribution in [-0.2, 0) is 37.5 Å². The van der Waals surface area contributed by atoms with Crippen molar-refractivity contribution in [2.45, 2.75) is 86.8 Å². The number of ether oxygens (including phenoxy) is 3. The molecule has 0 saturated carbocycles. The van der Waals surface area contributed by atoms with Gasteiger partial charge in [-0.05, 0) is 84.9 Å². The van der Waals surface area contributed by atoms with Crippen molar-refractivity contribution in [3.8, 4) is 23.3 Å². The van der Waals surface area contributed by atoms with E-state index in [9.17, 15) is 24.0 Å². The Balaban J connectivity index is 1.22. The lowest BCUT2D eigenvalue weighted by Gasteiger charge is -2.19. The molecule has 0 bridgehead atoms. The molecule has 23 nitrogen and oxygen atoms in total. The molecule has 0 fully saturated rings. The van der Waals surface area contributed by atoms with E-state index in [2.05, 4.69) is 48.1 Å². The second-order valence-corrected chi connectivity index (χ2v) is 16.8. The van der Waals surface area contributed by atoms with Gasteiger partial charge < -0.3 is 34.8 Å². The molecule has 5 aromatic heterocycles. The molecule has 0 aliphatic carbocycles. The maximum Gasteiger partial charge on any atom is 0.412 e. The van der Waals surface area contributed by atoms with Crippen molar-refractivity contribution in [2.24, 2.45) is 11.5 Å². The fraction of sp³-hybridized carbons (Fsp3) is 0.319. The zero-order chi connectivity index (χ0) is 50.4. The van der Waals surface area contributed by atoms with E-state index in [0.717, 1.165) is 0 Å². The minimum atomic E-state index is -0.738. The summed E-state index contributed by atoms with van der Waals surface area (Å²) < 4.78 is 25.3. The molecule has 7 aromatic rings. The summed E-state index contributed by atoms with van der Waals surface area (Å²) in [5.41, 5.74) is 14.9. The molecule has 2 aromatic carbocycles. The molecule has 0 saturated heterocycles. The van der Waals surface area contributed by atoms with Gasteiger partial charge in [-0.1, -0.05) is 24.0 Å². The van der Waals surface area contributed by atoms with E-state index >= 15 is 0 Å². The van der Waals surface area contributed by atoms with Crippen LogP contribution in [0.4, 0.5) is 22.4 Å². The number of anilines is 3. The maximum absolute atomic E-state index is 13.9. The lowest BCUT2D eigenvalue weighted by molar-refractivity contribution is 0.0635. The standard InChI is InChI=1S/C47H53N15O8/c1-9-61-34(19-27(3)56-61)42(65)54-44-52-32-21-29(40(48)63)23-36(68-8)38(32)59(44)16-11-12-17-60-39-33(53-45(60)55-43(66)35-20-28(4)57-62(35)10-2)22-30(41(49)64)24-37(39)69-18-14-13-15-58-26-31(25-50-58)51-46(67)70-47(5,6)7/h11-12,19-26H,9-10,15-18H2,1-8H3,(H2,48,63)(H2,49,64)(H,51,67)(H,52,54,65)(H,53,55,66)/b12-11+. The van der Waals surface area contributed by atoms with Crippen LogP contribution in [0.3, 0.4) is 0 Å². The predicted molar refractivity (Wildman–Crippen MR) is 259 cm³/mol. The van der Waals surface area contributed by atoms with E-state index in [0.29, 0.717) is 58.1 Å². The van der Waals surface area contributed by atoms with Crippen molar-refractivity contribution in [2.75, 3.05) is 29.7 Å². The number of primary amides is 2. The summed E-state index contributed by atoms with van der Waals surface area (Å²) in [5, 5.41) is 21.5. The first-order chi connectivity index (χ1) is 33.4. The number of methoxy groups -OCH3 is 1. The van der Waals surface area contributed by atoms with Crippen molar-refractivity contribution < 1.29 is 38.2 Å². The molecule has 5 heterocycles. The largest absolute Gasteiger partial charge is 0.494 e. The van der Waals surface area contributed by atoms with Gasteiger partial charge in [0.25, 0.3) is 11.8 Å². The minimum absolute atomic E-state index is 0.0847. The van der Waals surface area contributed by atoms with Gasteiger partial charge in [-0.15, -0.1) is 0 Å². The van der Waals surface area contributed by atoms with Crippen LogP contribution in [0, 0.1) is 25.7 Å². The number of rotatable bonds is 17. The first-order valence-electron chi connectivity index (χ1n) is 22.1. The fourth-order valence-corrected chi connectivity index (χ4v) is 7.42. The number of aromatic nitrogens is 10. The minimum Gasteiger partial charge on any atom is -0.494 e. The second-order valence-electron chi connectivity index (χ2n) is 16.8. The number of imidazole rings is 2. The predicted octanol–water partition coefficient (Wildman–Crippen LogP) is 5.03. The SMILES string of the molecule is CCn1nc(C)cc1C(=O)Nc1nc2cc(C(N)=O)cc(OC)c2n1C/C=C/Cn1c(NC(=O)c2cc(C)nn2CC)nc2cc(C(N)=O)cc(OCC#CCn3cc(NC(=O)OC(C)(C)C)cn3)c21. The van der Waals surface area contributed by atoms with Crippen molar-refractivity contribution in [3.05, 3.63) is 94.8 Å². The van der Waals surface area contributed by atoms with Crippen LogP contribution in [0.15, 0.2) is 60.9 Å². The summed E-state index contributed by atoms with van der Waals surface area (Å²) in [6, 6.07) is 9.32. The first-order valence-corrected chi connectivity index (χ1v) is 22.1. The van der Waals surface area contributed by atoms with E-state index in [1.165, 1.54) is 42.3 Å². The van der Waals surface area contributed by atoms with Crippen LogP contribution >= 0.6 is 0 Å². The van der Waals surface area contributed by atoms with Crippen LogP contribution in [0.25, 0.3) is 22.1 Å². The van der Waals surface area contributed by atoms with Crippen molar-refractivity contribution >= 4 is 69.4 Å². The number of amides is 5. The fourth-order valence-electron chi connectivity index (χ4n) is 7.42. The number of nitrogens with two attached hydrogens (primary N) is 2. The molecule has 23 heteroatoms. The highest BCUT2D eigenvalue weighted by molar-refractivity contribution is 6.05. The van der Waals surface area contributed by atoms with Gasteiger partial charge in [0.2, 0.25) is 23.7 Å². The molecule has 364 valence electrons. The number of allylic oxidation sites excluding steroid dienone is 2. The highest BCUT2D eigenvalue weighted by atomic mass is 16.6. The summed E-state index contributed by atoms with van der Waals surface area (Å²) in [4.78, 5) is 74.1. The Hall–Kier alpha value is -8.94. The Kier molecular flexibility index (Phi) is 14.4. The third kappa shape index (κ3) is 11.1. The molecule has 0 atom stereocenters. The molecular weight excluding hydrogens is 903 g/mol. The van der Waals surface area contributed by atoms with Gasteiger partial charge in [-0.2, -0.15) is 15.3 Å². The van der Waals surface area contributed by atoms with E-state index in [1.54, 1.807) is 83.6 Å². The van der Waals surface area contributed by atoms with E-state index in [-0.39, 0.29) is 66.3 Å². The molecule has 7 N–H and O–H groups in total. The molecule has 0 spiro atoms. The number of benzene rings is 2. The summed E-state index contributed by atoms with van der Waals surface area (Å²) in [5.74, 6) is 4.29. The lowest BCUT2D eigenvalue weighted by Crippen LogP contribution is -2.27. The average molecular weight is 956 g/mol. The summed E-state index contributed by atoms with van der Waals surface area (Å²) >= 11 is 0. The van der Waals surface area contributed by atoms with Crippen LogP contribution in [0.1, 0.15) is 87.7 Å². The first kappa shape index (κ1) is 49.0. The number of carbonyl (C=O) groups is 5. The Morgan fingerprint density at radius 1 is 0.729 bits per heavy atom. The van der Waals surface area contributed by atoms with Gasteiger partial charge in [0, 0.05) is 43.5 Å². The summed E-state index contributed by atoms with van der Waals surface area (Å²) in [6.45, 7) is 13.7. The molecule has 0 unspecified atom stereocenters. The monoisotopic (exact) mass is 955 g/mol. The number of aryl methyl sites for hydroxylation is 4. The van der Waals surface area contributed by atoms with Crippen LogP contribution in [0.5, 0.6) is 11.5 Å². The third-order valence-corrected chi connectivity index (χ3v) is 10.4. The molecule has 5 amide bonds. The number of nitrogens with one attached hydrogen (secondary N) is 3. The topological polar surface area (TPSA) is 290 Å². The number of fused-ring (bicyclic) bond motifs is 2. The van der Waals surface area contributed by atoms with E-state index in [1.807, 2.05) is 13.8 Å². The van der Waals surface area contributed by atoms with Crippen LogP contribution in [0.2, 0.25) is 0 Å². The summed E-state index contributed by atoms with van der Waals surface area (Å²) in [7, 11) is 1.44. The molecule has 0 radical (unpaired) electrons. The van der Waals surface area contributed by atoms with Crippen LogP contribution < -0.4 is 36.9 Å². The molecule has 0 aliphatic heterocycles. The van der Waals surface area contributed by atoms with Crippen molar-refractivity contribution in [1.82, 2.24) is 48.4 Å². The lowest BCUT2D eigenvalue weighted by atomic mass is 10.1. The molecular formula is C47H53N15O8. The zero-order valence-corrected chi connectivity index (χ0v) is 39.9. The average Bonchev–Trinajstić information content (AvgIpc) is 4.14. The van der Waals surface area contributed by atoms with Gasteiger partial charge in [0.05, 0.1) is 41.4 Å². The smallest absolute Gasteiger partial charge is 0.412 e. The molecule has 7 rings (SSSR count). The molecule has 0 aliphatic rings. The summed E-state index contributed by atoms with van der Waals surface area (Å²) in [6.07, 6.45) is 6.06. The normalized spacial score (nSPS) is 11.4. The third-order valence-electron chi connectivity index (χ3n) is 10.4. The van der Waals surface area contributed by atoms with E-state index < -0.39 is 35.3 Å². The van der Waals surface area contributed by atoms with E-state index in [4.69, 9.17) is 30.7 Å². The number of carbonyl (C=O) groups excluding carboxylic acids is 5. The van der Waals surface area contributed by atoms with Crippen molar-refractivity contribution in [3.63, 3.8) is 0 Å². The maximum atomic E-state index is 13.9. The quantitative estimate of drug-likeness (QED) is 0.0592. The van der Waals surface area contributed by atoms with Gasteiger partial charge in [-0.25, -0.2) is 14.8 Å². The van der Waals surface area contributed by atoms with Gasteiger partial charge in [-0.3, -0.25) is 49.2 Å². The Morgan fingerprint density at radius 2 is 1.24 bits per heavy atom. The number of nitrogens with zero attached hydrogens (tertiary/aromatic N) is 10. The number of hydrogen-bond donors (Lipinski definition) is 5. The second kappa shape index (κ2) is 20.5. The Bertz CT molecular complexity index is 3260. The molecule has 70 heavy (non-hydrogen) atoms. The number of hydrogen-bond acceptors (Lipinski definition) is 13. The Morgan fingerprint density at radius 3 is 1.73 bits per heavy atom. The zero-order valence-electron chi connectivity index (χ0n) is 39.9. The Labute approximate surface area is 401 Å². The van der Waals surface area contributed by atoms with Gasteiger partial charge in [0.1, 0.15) is 52.7 Å². The highest BCUT2D eigenvalue weighted by Gasteiger charge is 2.24. The van der Waals surface area contributed by atoms with Gasteiger partial charge in [0.15, 0.2) is 0 Å².